The number of benzene rings is 1. The van der Waals surface area contributed by atoms with Gasteiger partial charge in [-0.1, -0.05) is 11.3 Å². The van der Waals surface area contributed by atoms with E-state index in [-0.39, 0.29) is 17.5 Å². The number of rotatable bonds is 5. The molecule has 1 aliphatic heterocycles. The summed E-state index contributed by atoms with van der Waals surface area (Å²) >= 11 is 1.39. The third-order valence-electron chi connectivity index (χ3n) is 4.88. The van der Waals surface area contributed by atoms with E-state index < -0.39 is 4.92 Å². The summed E-state index contributed by atoms with van der Waals surface area (Å²) in [6.07, 6.45) is 4.47. The molecule has 0 aliphatic carbocycles. The fourth-order valence-corrected chi connectivity index (χ4v) is 4.33. The predicted octanol–water partition coefficient (Wildman–Crippen LogP) is 4.13. The molecule has 146 valence electrons. The minimum Gasteiger partial charge on any atom is -0.497 e. The highest BCUT2D eigenvalue weighted by molar-refractivity contribution is 7.22. The van der Waals surface area contributed by atoms with Gasteiger partial charge in [-0.25, -0.2) is 15.0 Å². The van der Waals surface area contributed by atoms with Crippen LogP contribution in [0.4, 0.5) is 22.5 Å². The number of piperidine rings is 1. The number of ether oxygens (including phenoxy) is 1. The molecule has 0 bridgehead atoms. The molecule has 1 atom stereocenters. The van der Waals surface area contributed by atoms with Crippen molar-refractivity contribution in [3.63, 3.8) is 0 Å². The minimum atomic E-state index is -0.421. The zero-order chi connectivity index (χ0) is 19.7. The third-order valence-corrected chi connectivity index (χ3v) is 5.82. The van der Waals surface area contributed by atoms with Crippen LogP contribution < -0.4 is 15.0 Å². The zero-order valence-electron chi connectivity index (χ0n) is 15.6. The van der Waals surface area contributed by atoms with Gasteiger partial charge in [0.1, 0.15) is 12.1 Å². The summed E-state index contributed by atoms with van der Waals surface area (Å²) in [6.45, 7) is 2.82. The Kier molecular flexibility index (Phi) is 4.95. The van der Waals surface area contributed by atoms with Crippen LogP contribution in [0.25, 0.3) is 10.2 Å². The SMILES string of the molecule is COc1ccc2nc(Nc3ncnc(N4CCCCC4C)c3[N+](=O)[O-])sc2c1. The van der Waals surface area contributed by atoms with E-state index in [1.54, 1.807) is 7.11 Å². The first-order chi connectivity index (χ1) is 13.6. The maximum atomic E-state index is 11.9. The summed E-state index contributed by atoms with van der Waals surface area (Å²) in [4.78, 5) is 26.3. The van der Waals surface area contributed by atoms with Gasteiger partial charge >= 0.3 is 5.69 Å². The van der Waals surface area contributed by atoms with Crippen LogP contribution in [0, 0.1) is 10.1 Å². The lowest BCUT2D eigenvalue weighted by Gasteiger charge is -2.33. The number of hydrogen-bond acceptors (Lipinski definition) is 9. The van der Waals surface area contributed by atoms with E-state index in [0.29, 0.717) is 10.9 Å². The van der Waals surface area contributed by atoms with Gasteiger partial charge in [0.05, 0.1) is 22.2 Å². The second-order valence-corrected chi connectivity index (χ2v) is 7.70. The van der Waals surface area contributed by atoms with Gasteiger partial charge in [-0.2, -0.15) is 0 Å². The Morgan fingerprint density at radius 2 is 2.21 bits per heavy atom. The first-order valence-corrected chi connectivity index (χ1v) is 9.86. The molecule has 0 radical (unpaired) electrons. The summed E-state index contributed by atoms with van der Waals surface area (Å²) in [7, 11) is 1.61. The molecule has 9 nitrogen and oxygen atoms in total. The zero-order valence-corrected chi connectivity index (χ0v) is 16.4. The number of nitrogens with one attached hydrogen (secondary N) is 1. The first kappa shape index (κ1) is 18.4. The van der Waals surface area contributed by atoms with Crippen LogP contribution in [-0.2, 0) is 0 Å². The predicted molar refractivity (Wildman–Crippen MR) is 109 cm³/mol. The molecule has 1 N–H and O–H groups in total. The van der Waals surface area contributed by atoms with E-state index in [4.69, 9.17) is 4.74 Å². The first-order valence-electron chi connectivity index (χ1n) is 9.04. The fourth-order valence-electron chi connectivity index (χ4n) is 3.44. The minimum absolute atomic E-state index is 0.118. The van der Waals surface area contributed by atoms with Crippen molar-refractivity contribution in [1.82, 2.24) is 15.0 Å². The van der Waals surface area contributed by atoms with Crippen LogP contribution in [0.5, 0.6) is 5.75 Å². The Hall–Kier alpha value is -3.01. The number of nitro groups is 1. The molecule has 3 aromatic rings. The van der Waals surface area contributed by atoms with Gasteiger partial charge < -0.3 is 15.0 Å². The fraction of sp³-hybridized carbons (Fsp3) is 0.389. The highest BCUT2D eigenvalue weighted by Crippen LogP contribution is 2.38. The average Bonchev–Trinajstić information content (AvgIpc) is 3.09. The lowest BCUT2D eigenvalue weighted by molar-refractivity contribution is -0.383. The van der Waals surface area contributed by atoms with E-state index in [1.807, 2.05) is 23.1 Å². The Bertz CT molecular complexity index is 1020. The van der Waals surface area contributed by atoms with Gasteiger partial charge in [0.15, 0.2) is 5.13 Å². The molecule has 1 aromatic carbocycles. The van der Waals surface area contributed by atoms with Crippen LogP contribution in [0.2, 0.25) is 0 Å². The summed E-state index contributed by atoms with van der Waals surface area (Å²) < 4.78 is 6.16. The summed E-state index contributed by atoms with van der Waals surface area (Å²) in [5.41, 5.74) is 0.669. The van der Waals surface area contributed by atoms with Crippen molar-refractivity contribution in [1.29, 1.82) is 0 Å². The molecule has 0 amide bonds. The number of methoxy groups -OCH3 is 1. The lowest BCUT2D eigenvalue weighted by atomic mass is 10.0. The number of thiazole rings is 1. The van der Waals surface area contributed by atoms with E-state index >= 15 is 0 Å². The smallest absolute Gasteiger partial charge is 0.353 e. The Labute approximate surface area is 165 Å². The van der Waals surface area contributed by atoms with E-state index in [0.717, 1.165) is 41.8 Å². The third kappa shape index (κ3) is 3.42. The Balaban J connectivity index is 1.71. The van der Waals surface area contributed by atoms with Gasteiger partial charge in [0, 0.05) is 12.6 Å². The number of nitrogens with zero attached hydrogens (tertiary/aromatic N) is 5. The molecule has 3 heterocycles. The van der Waals surface area contributed by atoms with Gasteiger partial charge in [-0.3, -0.25) is 10.1 Å². The topological polar surface area (TPSA) is 106 Å². The molecule has 28 heavy (non-hydrogen) atoms. The second kappa shape index (κ2) is 7.55. The molecule has 2 aromatic heterocycles. The van der Waals surface area contributed by atoms with Crippen molar-refractivity contribution in [2.45, 2.75) is 32.2 Å². The second-order valence-electron chi connectivity index (χ2n) is 6.67. The van der Waals surface area contributed by atoms with Crippen molar-refractivity contribution >= 4 is 44.0 Å². The summed E-state index contributed by atoms with van der Waals surface area (Å²) in [6, 6.07) is 5.76. The molecule has 1 fully saturated rings. The van der Waals surface area contributed by atoms with Crippen LogP contribution >= 0.6 is 11.3 Å². The van der Waals surface area contributed by atoms with Gasteiger partial charge in [0.2, 0.25) is 11.6 Å². The van der Waals surface area contributed by atoms with Crippen LogP contribution in [0.3, 0.4) is 0 Å². The van der Waals surface area contributed by atoms with Crippen molar-refractivity contribution in [3.8, 4) is 5.75 Å². The quantitative estimate of drug-likeness (QED) is 0.503. The van der Waals surface area contributed by atoms with E-state index in [1.165, 1.54) is 17.7 Å². The molecular formula is C18H20N6O3S. The monoisotopic (exact) mass is 400 g/mol. The molecule has 4 rings (SSSR count). The highest BCUT2D eigenvalue weighted by Gasteiger charge is 2.31. The van der Waals surface area contributed by atoms with E-state index in [2.05, 4.69) is 27.2 Å². The summed E-state index contributed by atoms with van der Waals surface area (Å²) in [5, 5.41) is 15.4. The largest absolute Gasteiger partial charge is 0.497 e. The van der Waals surface area contributed by atoms with Crippen LogP contribution in [0.1, 0.15) is 26.2 Å². The maximum Gasteiger partial charge on any atom is 0.353 e. The Morgan fingerprint density at radius 1 is 1.36 bits per heavy atom. The number of fused-ring (bicyclic) bond motifs is 1. The van der Waals surface area contributed by atoms with Crippen molar-refractivity contribution < 1.29 is 9.66 Å². The molecule has 1 saturated heterocycles. The average molecular weight is 400 g/mol. The molecule has 0 saturated carbocycles. The summed E-state index contributed by atoms with van der Waals surface area (Å²) in [5.74, 6) is 1.24. The standard InChI is InChI=1S/C18H20N6O3S/c1-11-5-3-4-8-23(11)17-15(24(25)26)16(19-10-20-17)22-18-21-13-7-6-12(27-2)9-14(13)28-18/h6-7,9-11H,3-5,8H2,1-2H3,(H,19,20,21,22). The molecule has 1 aliphatic rings. The molecule has 0 spiro atoms. The highest BCUT2D eigenvalue weighted by atomic mass is 32.1. The van der Waals surface area contributed by atoms with Gasteiger partial charge in [0.25, 0.3) is 0 Å². The molecule has 1 unspecified atom stereocenters. The van der Waals surface area contributed by atoms with Crippen molar-refractivity contribution in [2.24, 2.45) is 0 Å². The van der Waals surface area contributed by atoms with Gasteiger partial charge in [-0.15, -0.1) is 0 Å². The van der Waals surface area contributed by atoms with Crippen LogP contribution in [-0.4, -0.2) is 39.6 Å². The van der Waals surface area contributed by atoms with Crippen molar-refractivity contribution in [2.75, 3.05) is 23.9 Å². The lowest BCUT2D eigenvalue weighted by Crippen LogP contribution is -2.38. The Morgan fingerprint density at radius 3 is 2.96 bits per heavy atom. The maximum absolute atomic E-state index is 11.9. The number of aromatic nitrogens is 3. The normalized spacial score (nSPS) is 16.9. The molecular weight excluding hydrogens is 380 g/mol. The van der Waals surface area contributed by atoms with Crippen LogP contribution in [0.15, 0.2) is 24.5 Å². The number of anilines is 3. The number of hydrogen-bond donors (Lipinski definition) is 1. The van der Waals surface area contributed by atoms with Crippen molar-refractivity contribution in [3.05, 3.63) is 34.6 Å². The van der Waals surface area contributed by atoms with Gasteiger partial charge in [-0.05, 0) is 44.4 Å². The molecule has 10 heteroatoms. The van der Waals surface area contributed by atoms with E-state index in [9.17, 15) is 10.1 Å².